The second-order valence-electron chi connectivity index (χ2n) is 5.95. The lowest BCUT2D eigenvalue weighted by Gasteiger charge is -2.19. The van der Waals surface area contributed by atoms with Crippen molar-refractivity contribution in [2.75, 3.05) is 5.32 Å². The minimum Gasteiger partial charge on any atom is -0.444 e. The Balaban J connectivity index is 1.87. The molecule has 2 rings (SSSR count). The summed E-state index contributed by atoms with van der Waals surface area (Å²) < 4.78 is 6.02. The molecule has 1 amide bonds. The number of rotatable bonds is 5. The van der Waals surface area contributed by atoms with Crippen LogP contribution in [-0.4, -0.2) is 26.9 Å². The first-order valence-electron chi connectivity index (χ1n) is 7.18. The number of H-pyrrole nitrogens is 1. The first-order valence-corrected chi connectivity index (χ1v) is 7.97. The van der Waals surface area contributed by atoms with E-state index >= 15 is 0 Å². The molecular weight excluding hydrogens is 362 g/mol. The number of hydrogen-bond donors (Lipinski definition) is 3. The van der Waals surface area contributed by atoms with Gasteiger partial charge in [-0.15, -0.1) is 0 Å². The van der Waals surface area contributed by atoms with E-state index in [1.807, 2.05) is 39.0 Å². The topological polar surface area (TPSA) is 91.9 Å². The van der Waals surface area contributed by atoms with Gasteiger partial charge in [-0.05, 0) is 48.8 Å². The SMILES string of the molecule is CC(C)(C)OC(=O)Nc1[nH]ncc1CNCc1cccc(Br)n1. The number of halogens is 1. The molecule has 0 radical (unpaired) electrons. The van der Waals surface area contributed by atoms with Crippen molar-refractivity contribution in [3.8, 4) is 0 Å². The fraction of sp³-hybridized carbons (Fsp3) is 0.400. The maximum Gasteiger partial charge on any atom is 0.413 e. The third-order valence-corrected chi connectivity index (χ3v) is 3.18. The van der Waals surface area contributed by atoms with Crippen LogP contribution in [0.2, 0.25) is 0 Å². The Hall–Kier alpha value is -1.93. The lowest BCUT2D eigenvalue weighted by Crippen LogP contribution is -2.27. The number of ether oxygens (including phenoxy) is 1. The van der Waals surface area contributed by atoms with Crippen LogP contribution in [0.25, 0.3) is 0 Å². The zero-order valence-electron chi connectivity index (χ0n) is 13.3. The number of anilines is 1. The molecule has 0 spiro atoms. The van der Waals surface area contributed by atoms with E-state index in [1.165, 1.54) is 0 Å². The normalized spacial score (nSPS) is 11.3. The highest BCUT2D eigenvalue weighted by molar-refractivity contribution is 9.10. The van der Waals surface area contributed by atoms with Crippen LogP contribution >= 0.6 is 15.9 Å². The highest BCUT2D eigenvalue weighted by Gasteiger charge is 2.17. The van der Waals surface area contributed by atoms with Gasteiger partial charge in [0.2, 0.25) is 0 Å². The molecule has 2 aromatic heterocycles. The molecule has 2 heterocycles. The van der Waals surface area contributed by atoms with Gasteiger partial charge in [0.15, 0.2) is 0 Å². The number of nitrogens with zero attached hydrogens (tertiary/aromatic N) is 2. The largest absolute Gasteiger partial charge is 0.444 e. The van der Waals surface area contributed by atoms with E-state index < -0.39 is 11.7 Å². The first kappa shape index (κ1) is 17.4. The van der Waals surface area contributed by atoms with Crippen molar-refractivity contribution >= 4 is 27.8 Å². The molecule has 0 aliphatic carbocycles. The average Bonchev–Trinajstić information content (AvgIpc) is 2.84. The maximum absolute atomic E-state index is 11.8. The summed E-state index contributed by atoms with van der Waals surface area (Å²) in [5.74, 6) is 0.522. The molecule has 0 bridgehead atoms. The second kappa shape index (κ2) is 7.56. The maximum atomic E-state index is 11.8. The molecule has 0 aliphatic rings. The van der Waals surface area contributed by atoms with Gasteiger partial charge in [-0.25, -0.2) is 9.78 Å². The Labute approximate surface area is 143 Å². The van der Waals surface area contributed by atoms with Crippen molar-refractivity contribution < 1.29 is 9.53 Å². The lowest BCUT2D eigenvalue weighted by atomic mass is 10.2. The molecule has 0 unspecified atom stereocenters. The van der Waals surface area contributed by atoms with Crippen molar-refractivity contribution in [2.24, 2.45) is 0 Å². The van der Waals surface area contributed by atoms with Crippen molar-refractivity contribution in [1.82, 2.24) is 20.5 Å². The van der Waals surface area contributed by atoms with Crippen LogP contribution in [-0.2, 0) is 17.8 Å². The average molecular weight is 382 g/mol. The molecule has 7 nitrogen and oxygen atoms in total. The van der Waals surface area contributed by atoms with Crippen LogP contribution < -0.4 is 10.6 Å². The Kier molecular flexibility index (Phi) is 5.73. The second-order valence-corrected chi connectivity index (χ2v) is 6.76. The van der Waals surface area contributed by atoms with Gasteiger partial charge in [-0.3, -0.25) is 10.4 Å². The molecule has 8 heteroatoms. The number of carbonyl (C=O) groups excluding carboxylic acids is 1. The van der Waals surface area contributed by atoms with Crippen LogP contribution in [0, 0.1) is 0 Å². The molecule has 0 fully saturated rings. The number of pyridine rings is 1. The first-order chi connectivity index (χ1) is 10.8. The summed E-state index contributed by atoms with van der Waals surface area (Å²) in [4.78, 5) is 16.1. The Morgan fingerprint density at radius 1 is 1.35 bits per heavy atom. The van der Waals surface area contributed by atoms with Crippen molar-refractivity contribution in [3.63, 3.8) is 0 Å². The number of aromatic nitrogens is 3. The third-order valence-electron chi connectivity index (χ3n) is 2.74. The monoisotopic (exact) mass is 381 g/mol. The number of nitrogens with one attached hydrogen (secondary N) is 3. The number of aromatic amines is 1. The molecule has 0 saturated heterocycles. The molecule has 0 aliphatic heterocycles. The quantitative estimate of drug-likeness (QED) is 0.691. The molecule has 3 N–H and O–H groups in total. The van der Waals surface area contributed by atoms with Gasteiger partial charge in [0, 0.05) is 18.7 Å². The van der Waals surface area contributed by atoms with Gasteiger partial charge in [0.05, 0.1) is 11.9 Å². The molecule has 0 aromatic carbocycles. The van der Waals surface area contributed by atoms with Crippen molar-refractivity contribution in [3.05, 3.63) is 40.3 Å². The summed E-state index contributed by atoms with van der Waals surface area (Å²) in [6, 6.07) is 5.75. The number of amides is 1. The summed E-state index contributed by atoms with van der Waals surface area (Å²) in [6.07, 6.45) is 1.14. The van der Waals surface area contributed by atoms with Gasteiger partial charge < -0.3 is 10.1 Å². The minimum atomic E-state index is -0.547. The van der Waals surface area contributed by atoms with Crippen LogP contribution in [0.4, 0.5) is 10.6 Å². The van der Waals surface area contributed by atoms with Crippen molar-refractivity contribution in [2.45, 2.75) is 39.5 Å². The fourth-order valence-corrected chi connectivity index (χ4v) is 2.21. The van der Waals surface area contributed by atoms with E-state index in [9.17, 15) is 4.79 Å². The predicted octanol–water partition coefficient (Wildman–Crippen LogP) is 3.20. The molecule has 0 atom stereocenters. The standard InChI is InChI=1S/C15H20BrN5O2/c1-15(2,3)23-14(22)20-13-10(8-18-21-13)7-17-9-11-5-4-6-12(16)19-11/h4-6,8,17H,7,9H2,1-3H3,(H2,18,20,21,22). The molecule has 124 valence electrons. The van der Waals surface area contributed by atoms with E-state index in [-0.39, 0.29) is 0 Å². The molecule has 23 heavy (non-hydrogen) atoms. The van der Waals surface area contributed by atoms with Gasteiger partial charge >= 0.3 is 6.09 Å². The predicted molar refractivity (Wildman–Crippen MR) is 90.9 cm³/mol. The van der Waals surface area contributed by atoms with Crippen LogP contribution in [0.1, 0.15) is 32.0 Å². The zero-order chi connectivity index (χ0) is 16.9. The van der Waals surface area contributed by atoms with Gasteiger partial charge in [-0.2, -0.15) is 5.10 Å². The Bertz CT molecular complexity index is 666. The summed E-state index contributed by atoms with van der Waals surface area (Å²) in [7, 11) is 0. The smallest absolute Gasteiger partial charge is 0.413 e. The summed E-state index contributed by atoms with van der Waals surface area (Å²) >= 11 is 3.34. The summed E-state index contributed by atoms with van der Waals surface area (Å²) in [6.45, 7) is 6.58. The van der Waals surface area contributed by atoms with E-state index in [4.69, 9.17) is 4.74 Å². The van der Waals surface area contributed by atoms with Crippen LogP contribution in [0.5, 0.6) is 0 Å². The zero-order valence-corrected chi connectivity index (χ0v) is 14.9. The van der Waals surface area contributed by atoms with Crippen LogP contribution in [0.3, 0.4) is 0 Å². The van der Waals surface area contributed by atoms with Gasteiger partial charge in [-0.1, -0.05) is 6.07 Å². The molecule has 0 saturated carbocycles. The van der Waals surface area contributed by atoms with E-state index in [2.05, 4.69) is 41.7 Å². The summed E-state index contributed by atoms with van der Waals surface area (Å²) in [5, 5.41) is 12.6. The fourth-order valence-electron chi connectivity index (χ4n) is 1.83. The van der Waals surface area contributed by atoms with Crippen LogP contribution in [0.15, 0.2) is 29.0 Å². The van der Waals surface area contributed by atoms with E-state index in [1.54, 1.807) is 6.20 Å². The van der Waals surface area contributed by atoms with E-state index in [0.29, 0.717) is 18.9 Å². The Morgan fingerprint density at radius 3 is 2.83 bits per heavy atom. The van der Waals surface area contributed by atoms with Gasteiger partial charge in [0.1, 0.15) is 16.0 Å². The van der Waals surface area contributed by atoms with Gasteiger partial charge in [0.25, 0.3) is 0 Å². The molecule has 2 aromatic rings. The van der Waals surface area contributed by atoms with E-state index in [0.717, 1.165) is 15.9 Å². The minimum absolute atomic E-state index is 0.517. The lowest BCUT2D eigenvalue weighted by molar-refractivity contribution is 0.0635. The van der Waals surface area contributed by atoms with Crippen molar-refractivity contribution in [1.29, 1.82) is 0 Å². The third kappa shape index (κ3) is 5.99. The summed E-state index contributed by atoms with van der Waals surface area (Å²) in [5.41, 5.74) is 1.21. The Morgan fingerprint density at radius 2 is 2.13 bits per heavy atom. The molecular formula is C15H20BrN5O2. The highest BCUT2D eigenvalue weighted by Crippen LogP contribution is 2.14. The number of carbonyl (C=O) groups is 1. The highest BCUT2D eigenvalue weighted by atomic mass is 79.9. The number of hydrogen-bond acceptors (Lipinski definition) is 5.